The zero-order chi connectivity index (χ0) is 18.2. The second-order valence-corrected chi connectivity index (χ2v) is 6.54. The molecule has 0 unspecified atom stereocenters. The number of guanidine groups is 1. The highest BCUT2D eigenvalue weighted by atomic mass is 16.7. The zero-order valence-electron chi connectivity index (χ0n) is 15.7. The third-order valence-corrected chi connectivity index (χ3v) is 4.28. The quantitative estimate of drug-likeness (QED) is 0.390. The fraction of sp³-hybridized carbons (Fsp3) is 0.632. The van der Waals surface area contributed by atoms with Crippen molar-refractivity contribution in [2.24, 2.45) is 10.9 Å². The highest BCUT2D eigenvalue weighted by Gasteiger charge is 2.21. The fourth-order valence-electron chi connectivity index (χ4n) is 2.59. The minimum atomic E-state index is 0.270. The molecule has 1 fully saturated rings. The molecule has 1 saturated carbocycles. The molecule has 0 spiro atoms. The zero-order valence-corrected chi connectivity index (χ0v) is 15.7. The Hall–Kier alpha value is -2.15. The van der Waals surface area contributed by atoms with E-state index in [2.05, 4.69) is 22.1 Å². The number of nitrogens with zero attached hydrogens (tertiary/aromatic N) is 2. The summed E-state index contributed by atoms with van der Waals surface area (Å²) in [6.45, 7) is 6.68. The van der Waals surface area contributed by atoms with E-state index in [1.165, 1.54) is 12.8 Å². The Balaban J connectivity index is 1.39. The van der Waals surface area contributed by atoms with Crippen LogP contribution in [0.1, 0.15) is 19.8 Å². The van der Waals surface area contributed by atoms with Crippen molar-refractivity contribution in [3.8, 4) is 17.2 Å². The van der Waals surface area contributed by atoms with Gasteiger partial charge < -0.3 is 29.2 Å². The standard InChI is InChI=1S/C19H29N3O4/c1-3-20-19(22(2)9-11-23-13-15-4-5-15)21-8-10-24-16-6-7-17-18(12-16)26-14-25-17/h6-7,12,15H,3-5,8-11,13-14H2,1-2H3,(H,20,21). The fourth-order valence-corrected chi connectivity index (χ4v) is 2.59. The van der Waals surface area contributed by atoms with Crippen molar-refractivity contribution in [1.29, 1.82) is 0 Å². The molecule has 0 bridgehead atoms. The third-order valence-electron chi connectivity index (χ3n) is 4.28. The van der Waals surface area contributed by atoms with Crippen LogP contribution < -0.4 is 19.5 Å². The lowest BCUT2D eigenvalue weighted by molar-refractivity contribution is 0.115. The first-order valence-corrected chi connectivity index (χ1v) is 9.36. The first-order chi connectivity index (χ1) is 12.8. The third kappa shape index (κ3) is 5.69. The number of aliphatic imine (C=N–C) groups is 1. The van der Waals surface area contributed by atoms with Crippen LogP contribution in [-0.4, -0.2) is 64.2 Å². The first kappa shape index (κ1) is 18.6. The first-order valence-electron chi connectivity index (χ1n) is 9.36. The molecule has 1 aliphatic carbocycles. The van der Waals surface area contributed by atoms with Crippen molar-refractivity contribution in [3.05, 3.63) is 18.2 Å². The van der Waals surface area contributed by atoms with Gasteiger partial charge in [0.2, 0.25) is 6.79 Å². The van der Waals surface area contributed by atoms with Crippen LogP contribution in [0, 0.1) is 5.92 Å². The molecule has 1 aliphatic heterocycles. The van der Waals surface area contributed by atoms with Gasteiger partial charge in [0, 0.05) is 32.8 Å². The Kier molecular flexibility index (Phi) is 6.82. The summed E-state index contributed by atoms with van der Waals surface area (Å²) in [6, 6.07) is 5.59. The van der Waals surface area contributed by atoms with Gasteiger partial charge >= 0.3 is 0 Å². The summed E-state index contributed by atoms with van der Waals surface area (Å²) < 4.78 is 22.1. The van der Waals surface area contributed by atoms with E-state index >= 15 is 0 Å². The molecule has 26 heavy (non-hydrogen) atoms. The molecule has 1 aromatic rings. The summed E-state index contributed by atoms with van der Waals surface area (Å²) in [5.74, 6) is 3.92. The molecule has 0 radical (unpaired) electrons. The normalized spacial score (nSPS) is 15.8. The minimum Gasteiger partial charge on any atom is -0.492 e. The molecule has 1 N–H and O–H groups in total. The molecule has 7 nitrogen and oxygen atoms in total. The van der Waals surface area contributed by atoms with Crippen LogP contribution in [0.4, 0.5) is 0 Å². The van der Waals surface area contributed by atoms with Gasteiger partial charge in [-0.1, -0.05) is 0 Å². The predicted molar refractivity (Wildman–Crippen MR) is 100 cm³/mol. The molecule has 0 aromatic heterocycles. The molecule has 7 heteroatoms. The lowest BCUT2D eigenvalue weighted by atomic mass is 10.3. The maximum atomic E-state index is 5.76. The summed E-state index contributed by atoms with van der Waals surface area (Å²) >= 11 is 0. The predicted octanol–water partition coefficient (Wildman–Crippen LogP) is 2.12. The number of nitrogens with one attached hydrogen (secondary N) is 1. The largest absolute Gasteiger partial charge is 0.492 e. The number of benzene rings is 1. The molecule has 1 heterocycles. The van der Waals surface area contributed by atoms with Crippen LogP contribution in [0.15, 0.2) is 23.2 Å². The molecular formula is C19H29N3O4. The van der Waals surface area contributed by atoms with Crippen molar-refractivity contribution in [2.75, 3.05) is 53.3 Å². The lowest BCUT2D eigenvalue weighted by Crippen LogP contribution is -2.40. The second-order valence-electron chi connectivity index (χ2n) is 6.54. The van der Waals surface area contributed by atoms with E-state index in [1.807, 2.05) is 25.2 Å². The molecular weight excluding hydrogens is 334 g/mol. The summed E-state index contributed by atoms with van der Waals surface area (Å²) in [5.41, 5.74) is 0. The maximum Gasteiger partial charge on any atom is 0.231 e. The monoisotopic (exact) mass is 363 g/mol. The molecule has 0 amide bonds. The Morgan fingerprint density at radius 3 is 2.92 bits per heavy atom. The number of rotatable bonds is 10. The molecule has 0 saturated heterocycles. The van der Waals surface area contributed by atoms with Crippen LogP contribution in [-0.2, 0) is 4.74 Å². The van der Waals surface area contributed by atoms with Crippen molar-refractivity contribution in [3.63, 3.8) is 0 Å². The van der Waals surface area contributed by atoms with Crippen molar-refractivity contribution >= 4 is 5.96 Å². The van der Waals surface area contributed by atoms with Gasteiger partial charge in [0.1, 0.15) is 12.4 Å². The van der Waals surface area contributed by atoms with Crippen molar-refractivity contribution in [1.82, 2.24) is 10.2 Å². The topological polar surface area (TPSA) is 64.6 Å². The van der Waals surface area contributed by atoms with E-state index in [-0.39, 0.29) is 6.79 Å². The second kappa shape index (κ2) is 9.52. The van der Waals surface area contributed by atoms with E-state index in [4.69, 9.17) is 18.9 Å². The Morgan fingerprint density at radius 1 is 1.27 bits per heavy atom. The Morgan fingerprint density at radius 2 is 2.12 bits per heavy atom. The van der Waals surface area contributed by atoms with E-state index in [9.17, 15) is 0 Å². The van der Waals surface area contributed by atoms with Gasteiger partial charge in [-0.05, 0) is 37.8 Å². The van der Waals surface area contributed by atoms with Crippen LogP contribution >= 0.6 is 0 Å². The average Bonchev–Trinajstić information content (AvgIpc) is 3.36. The minimum absolute atomic E-state index is 0.270. The number of fused-ring (bicyclic) bond motifs is 1. The average molecular weight is 363 g/mol. The van der Waals surface area contributed by atoms with Gasteiger partial charge in [-0.3, -0.25) is 0 Å². The highest BCUT2D eigenvalue weighted by molar-refractivity contribution is 5.79. The van der Waals surface area contributed by atoms with E-state index in [0.29, 0.717) is 13.2 Å². The van der Waals surface area contributed by atoms with Crippen LogP contribution in [0.5, 0.6) is 17.2 Å². The summed E-state index contributed by atoms with van der Waals surface area (Å²) in [4.78, 5) is 6.72. The van der Waals surface area contributed by atoms with E-state index < -0.39 is 0 Å². The number of ether oxygens (including phenoxy) is 4. The molecule has 3 rings (SSSR count). The van der Waals surface area contributed by atoms with Crippen LogP contribution in [0.25, 0.3) is 0 Å². The molecule has 2 aliphatic rings. The van der Waals surface area contributed by atoms with Crippen LogP contribution in [0.2, 0.25) is 0 Å². The maximum absolute atomic E-state index is 5.76. The molecule has 0 atom stereocenters. The molecule has 1 aromatic carbocycles. The molecule has 144 valence electrons. The summed E-state index contributed by atoms with van der Waals surface area (Å²) in [6.07, 6.45) is 2.65. The van der Waals surface area contributed by atoms with Crippen molar-refractivity contribution < 1.29 is 18.9 Å². The van der Waals surface area contributed by atoms with Gasteiger partial charge in [0.25, 0.3) is 0 Å². The van der Waals surface area contributed by atoms with Gasteiger partial charge in [-0.2, -0.15) is 0 Å². The smallest absolute Gasteiger partial charge is 0.231 e. The van der Waals surface area contributed by atoms with Gasteiger partial charge in [-0.25, -0.2) is 4.99 Å². The summed E-state index contributed by atoms with van der Waals surface area (Å²) in [7, 11) is 2.03. The van der Waals surface area contributed by atoms with Gasteiger partial charge in [0.15, 0.2) is 17.5 Å². The SMILES string of the molecule is CCNC(=NCCOc1ccc2c(c1)OCO2)N(C)CCOCC1CC1. The lowest BCUT2D eigenvalue weighted by Gasteiger charge is -2.22. The van der Waals surface area contributed by atoms with Crippen molar-refractivity contribution in [2.45, 2.75) is 19.8 Å². The van der Waals surface area contributed by atoms with E-state index in [1.54, 1.807) is 0 Å². The Bertz CT molecular complexity index is 604. The summed E-state index contributed by atoms with van der Waals surface area (Å²) in [5, 5.41) is 3.31. The number of hydrogen-bond acceptors (Lipinski definition) is 5. The number of likely N-dealkylation sites (N-methyl/N-ethyl adjacent to an activating group) is 1. The van der Waals surface area contributed by atoms with E-state index in [0.717, 1.165) is 55.4 Å². The number of hydrogen-bond donors (Lipinski definition) is 1. The van der Waals surface area contributed by atoms with Gasteiger partial charge in [0.05, 0.1) is 13.2 Å². The van der Waals surface area contributed by atoms with Crippen LogP contribution in [0.3, 0.4) is 0 Å². The highest BCUT2D eigenvalue weighted by Crippen LogP contribution is 2.35. The van der Waals surface area contributed by atoms with Gasteiger partial charge in [-0.15, -0.1) is 0 Å². The Labute approximate surface area is 155 Å².